The van der Waals surface area contributed by atoms with E-state index in [0.29, 0.717) is 17.8 Å². The molecule has 0 aliphatic carbocycles. The minimum absolute atomic E-state index is 0.188. The van der Waals surface area contributed by atoms with Crippen LogP contribution >= 0.6 is 0 Å². The summed E-state index contributed by atoms with van der Waals surface area (Å²) in [4.78, 5) is 11.2. The third-order valence-corrected chi connectivity index (χ3v) is 2.68. The van der Waals surface area contributed by atoms with Crippen LogP contribution in [0.5, 0.6) is 0 Å². The molecular weight excluding hydrogens is 245 g/mol. The van der Waals surface area contributed by atoms with Gasteiger partial charge in [-0.25, -0.2) is 0 Å². The van der Waals surface area contributed by atoms with Gasteiger partial charge in [0.05, 0.1) is 13.7 Å². The van der Waals surface area contributed by atoms with Crippen molar-refractivity contribution in [2.24, 2.45) is 5.92 Å². The molecule has 0 aromatic carbocycles. The predicted molar refractivity (Wildman–Crippen MR) is 56.0 cm³/mol. The fraction of sp³-hybridized carbons (Fsp3) is 0.889. The number of thiol groups is 1. The Balaban J connectivity index is 3.57. The molecule has 0 rings (SSSR count). The monoisotopic (exact) mass is 261 g/mol. The van der Waals surface area contributed by atoms with E-state index in [1.165, 1.54) is 7.11 Å². The number of hydrogen-bond donors (Lipinski definition) is 0. The molecule has 16 heavy (non-hydrogen) atoms. The zero-order valence-corrected chi connectivity index (χ0v) is 10.1. The summed E-state index contributed by atoms with van der Waals surface area (Å²) in [6.07, 6.45) is -5.30. The number of rotatable bonds is 7. The molecule has 0 heterocycles. The molecule has 0 aromatic rings. The molecule has 0 aliphatic heterocycles. The van der Waals surface area contributed by atoms with Crippen LogP contribution in [-0.2, 0) is 25.8 Å². The van der Waals surface area contributed by atoms with Crippen LogP contribution < -0.4 is 0 Å². The van der Waals surface area contributed by atoms with E-state index in [2.05, 4.69) is 0 Å². The van der Waals surface area contributed by atoms with E-state index in [1.807, 2.05) is 0 Å². The number of alkyl halides is 3. The van der Waals surface area contributed by atoms with Crippen molar-refractivity contribution in [3.05, 3.63) is 0 Å². The molecule has 0 fully saturated rings. The van der Waals surface area contributed by atoms with Crippen molar-refractivity contribution in [1.29, 1.82) is 0 Å². The lowest BCUT2D eigenvalue weighted by Crippen LogP contribution is -2.20. The summed E-state index contributed by atoms with van der Waals surface area (Å²) in [7, 11) is 1.50. The number of hydrogen-bond acceptors (Lipinski definition) is 3. The first-order valence-electron chi connectivity index (χ1n) is 4.80. The molecule has 1 atom stereocenters. The van der Waals surface area contributed by atoms with Crippen LogP contribution in [0, 0.1) is 5.92 Å². The summed E-state index contributed by atoms with van der Waals surface area (Å²) in [5.41, 5.74) is 0. The van der Waals surface area contributed by atoms with Gasteiger partial charge < -0.3 is 4.74 Å². The fourth-order valence-corrected chi connectivity index (χ4v) is 1.37. The van der Waals surface area contributed by atoms with E-state index in [-0.39, 0.29) is 18.9 Å². The third kappa shape index (κ3) is 8.84. The molecule has 1 unspecified atom stereocenters. The van der Waals surface area contributed by atoms with Crippen LogP contribution in [0.4, 0.5) is 13.2 Å². The summed E-state index contributed by atoms with van der Waals surface area (Å²) in [6, 6.07) is 0. The van der Waals surface area contributed by atoms with E-state index in [1.54, 1.807) is 6.92 Å². The lowest BCUT2D eigenvalue weighted by Gasteiger charge is -2.09. The Bertz CT molecular complexity index is 209. The molecule has 0 radical (unpaired) electrons. The molecule has 0 amide bonds. The van der Waals surface area contributed by atoms with E-state index >= 15 is 0 Å². The minimum atomic E-state index is -4.19. The summed E-state index contributed by atoms with van der Waals surface area (Å²) in [6.45, 7) is 1.46. The summed E-state index contributed by atoms with van der Waals surface area (Å²) in [5.74, 6) is -0.353. The average Bonchev–Trinajstić information content (AvgIpc) is 2.19. The van der Waals surface area contributed by atoms with E-state index < -0.39 is 18.6 Å². The maximum atomic E-state index is 11.7. The zero-order valence-electron chi connectivity index (χ0n) is 9.21. The lowest BCUT2D eigenvalue weighted by atomic mass is 10.2. The molecule has 0 saturated carbocycles. The number of halogens is 3. The first kappa shape index (κ1) is 15.6. The molecule has 96 valence electrons. The van der Waals surface area contributed by atoms with Crippen molar-refractivity contribution in [2.75, 3.05) is 19.5 Å². The summed E-state index contributed by atoms with van der Waals surface area (Å²) >= 11 is 0.655. The number of esters is 1. The second kappa shape index (κ2) is 7.78. The normalized spacial score (nSPS) is 13.6. The number of ether oxygens (including phenoxy) is 1. The lowest BCUT2D eigenvalue weighted by molar-refractivity contribution is -0.152. The summed E-state index contributed by atoms with van der Waals surface area (Å²) < 4.78 is 44.7. The largest absolute Gasteiger partial charge is 0.465 e. The van der Waals surface area contributed by atoms with Gasteiger partial charge >= 0.3 is 12.1 Å². The van der Waals surface area contributed by atoms with Crippen LogP contribution in [0.25, 0.3) is 0 Å². The Morgan fingerprint density at radius 2 is 2.06 bits per heavy atom. The number of carbonyl (C=O) groups is 1. The maximum Gasteiger partial charge on any atom is 0.389 e. The van der Waals surface area contributed by atoms with Crippen molar-refractivity contribution in [3.8, 4) is 0 Å². The van der Waals surface area contributed by atoms with Crippen LogP contribution in [-0.4, -0.2) is 31.6 Å². The Hall–Kier alpha value is -0.430. The molecule has 3 nitrogen and oxygen atoms in total. The van der Waals surface area contributed by atoms with Gasteiger partial charge in [0, 0.05) is 6.42 Å². The SMILES string of the molecule is CO[SH+]CC(C)C(=O)OCCCC(F)(F)F. The highest BCUT2D eigenvalue weighted by Gasteiger charge is 2.26. The Morgan fingerprint density at radius 1 is 1.44 bits per heavy atom. The molecule has 7 heteroatoms. The van der Waals surface area contributed by atoms with E-state index in [0.717, 1.165) is 0 Å². The zero-order chi connectivity index (χ0) is 12.6. The van der Waals surface area contributed by atoms with Crippen LogP contribution in [0.15, 0.2) is 0 Å². The maximum absolute atomic E-state index is 11.7. The van der Waals surface area contributed by atoms with Gasteiger partial charge in [-0.15, -0.1) is 0 Å². The topological polar surface area (TPSA) is 35.5 Å². The highest BCUT2D eigenvalue weighted by atomic mass is 32.2. The smallest absolute Gasteiger partial charge is 0.389 e. The van der Waals surface area contributed by atoms with Gasteiger partial charge in [0.25, 0.3) is 0 Å². The van der Waals surface area contributed by atoms with Crippen molar-refractivity contribution in [3.63, 3.8) is 0 Å². The Morgan fingerprint density at radius 3 is 2.56 bits per heavy atom. The van der Waals surface area contributed by atoms with E-state index in [9.17, 15) is 18.0 Å². The van der Waals surface area contributed by atoms with Gasteiger partial charge in [0.2, 0.25) is 0 Å². The molecule has 0 bridgehead atoms. The molecular formula is C9H16F3O3S+. The first-order chi connectivity index (χ1) is 7.37. The van der Waals surface area contributed by atoms with Crippen LogP contribution in [0.3, 0.4) is 0 Å². The highest BCUT2D eigenvalue weighted by Crippen LogP contribution is 2.21. The highest BCUT2D eigenvalue weighted by molar-refractivity contribution is 7.73. The Labute approximate surface area is 96.9 Å². The molecule has 0 aliphatic rings. The second-order valence-electron chi connectivity index (χ2n) is 3.28. The van der Waals surface area contributed by atoms with Gasteiger partial charge in [-0.3, -0.25) is 4.79 Å². The minimum Gasteiger partial charge on any atom is -0.465 e. The standard InChI is InChI=1S/C9H15F3O3S/c1-7(6-16-14-2)8(13)15-5-3-4-9(10,11)12/h7H,3-6H2,1-2H3/p+1. The van der Waals surface area contributed by atoms with Gasteiger partial charge in [-0.05, 0) is 13.3 Å². The van der Waals surface area contributed by atoms with Crippen molar-refractivity contribution >= 4 is 18.0 Å². The molecule has 0 N–H and O–H groups in total. The molecule has 0 aromatic heterocycles. The Kier molecular flexibility index (Phi) is 7.57. The number of carbonyl (C=O) groups excluding carboxylic acids is 1. The average molecular weight is 261 g/mol. The second-order valence-corrected chi connectivity index (χ2v) is 4.27. The first-order valence-corrected chi connectivity index (χ1v) is 5.80. The predicted octanol–water partition coefficient (Wildman–Crippen LogP) is 1.88. The van der Waals surface area contributed by atoms with Crippen LogP contribution in [0.1, 0.15) is 19.8 Å². The molecule has 0 saturated heterocycles. The van der Waals surface area contributed by atoms with Crippen molar-refractivity contribution < 1.29 is 26.9 Å². The van der Waals surface area contributed by atoms with Gasteiger partial charge in [-0.2, -0.15) is 17.4 Å². The van der Waals surface area contributed by atoms with Gasteiger partial charge in [0.1, 0.15) is 18.0 Å². The van der Waals surface area contributed by atoms with Crippen molar-refractivity contribution in [1.82, 2.24) is 0 Å². The van der Waals surface area contributed by atoms with E-state index in [4.69, 9.17) is 8.92 Å². The third-order valence-electron chi connectivity index (χ3n) is 1.73. The van der Waals surface area contributed by atoms with Gasteiger partial charge in [-0.1, -0.05) is 0 Å². The summed E-state index contributed by atoms with van der Waals surface area (Å²) in [5, 5.41) is 0. The van der Waals surface area contributed by atoms with Crippen LogP contribution in [0.2, 0.25) is 0 Å². The van der Waals surface area contributed by atoms with Crippen molar-refractivity contribution in [2.45, 2.75) is 25.9 Å². The van der Waals surface area contributed by atoms with Gasteiger partial charge in [0.15, 0.2) is 5.75 Å². The quantitative estimate of drug-likeness (QED) is 0.304. The fourth-order valence-electron chi connectivity index (χ4n) is 0.849. The molecule has 0 spiro atoms.